The molecule has 0 aliphatic carbocycles. The van der Waals surface area contributed by atoms with Crippen molar-refractivity contribution in [2.45, 2.75) is 27.3 Å². The number of carbonyl (C=O) groups is 1. The highest BCUT2D eigenvalue weighted by atomic mass is 16.6. The van der Waals surface area contributed by atoms with Crippen LogP contribution in [0.4, 0.5) is 5.69 Å². The van der Waals surface area contributed by atoms with Crippen LogP contribution in [0.5, 0.6) is 0 Å². The molecule has 18 heavy (non-hydrogen) atoms. The maximum absolute atomic E-state index is 11.9. The molecule has 0 spiro atoms. The first-order chi connectivity index (χ1) is 8.25. The molecule has 0 bridgehead atoms. The number of hydrogen-bond donors (Lipinski definition) is 1. The lowest BCUT2D eigenvalue weighted by atomic mass is 10.1. The summed E-state index contributed by atoms with van der Waals surface area (Å²) < 4.78 is 1.08. The summed E-state index contributed by atoms with van der Waals surface area (Å²) in [4.78, 5) is 33.1. The Morgan fingerprint density at radius 1 is 1.56 bits per heavy atom. The van der Waals surface area contributed by atoms with Gasteiger partial charge in [-0.2, -0.15) is 0 Å². The molecule has 0 radical (unpaired) electrons. The molecule has 7 nitrogen and oxygen atoms in total. The Kier molecular flexibility index (Phi) is 3.85. The fourth-order valence-electron chi connectivity index (χ4n) is 1.70. The predicted octanol–water partition coefficient (Wildman–Crippen LogP) is 1.42. The summed E-state index contributed by atoms with van der Waals surface area (Å²) >= 11 is 0. The van der Waals surface area contributed by atoms with Gasteiger partial charge in [-0.1, -0.05) is 13.8 Å². The first kappa shape index (κ1) is 13.9. The Balaban J connectivity index is 3.61. The van der Waals surface area contributed by atoms with Gasteiger partial charge in [-0.15, -0.1) is 0 Å². The highest BCUT2D eigenvalue weighted by Crippen LogP contribution is 2.19. The van der Waals surface area contributed by atoms with Gasteiger partial charge in [0.05, 0.1) is 11.1 Å². The molecule has 0 saturated heterocycles. The molecule has 0 aliphatic heterocycles. The molecular weight excluding hydrogens is 240 g/mol. The third-order valence-corrected chi connectivity index (χ3v) is 2.48. The second-order valence-corrected chi connectivity index (χ2v) is 4.43. The molecule has 1 aromatic rings. The van der Waals surface area contributed by atoms with E-state index in [9.17, 15) is 19.7 Å². The van der Waals surface area contributed by atoms with Crippen molar-refractivity contribution in [1.29, 1.82) is 0 Å². The van der Waals surface area contributed by atoms with E-state index in [1.165, 1.54) is 6.92 Å². The van der Waals surface area contributed by atoms with E-state index in [0.29, 0.717) is 0 Å². The third kappa shape index (κ3) is 2.55. The van der Waals surface area contributed by atoms with Crippen molar-refractivity contribution in [3.63, 3.8) is 0 Å². The van der Waals surface area contributed by atoms with Gasteiger partial charge in [0, 0.05) is 12.1 Å². The molecule has 1 N–H and O–H groups in total. The SMILES string of the molecule is Cc1c([N+](=O)[O-])cn(CC(C)C)c(=O)c1C(=O)O. The Morgan fingerprint density at radius 3 is 2.50 bits per heavy atom. The first-order valence-corrected chi connectivity index (χ1v) is 5.37. The van der Waals surface area contributed by atoms with Crippen molar-refractivity contribution in [3.05, 3.63) is 37.8 Å². The van der Waals surface area contributed by atoms with Crippen LogP contribution < -0.4 is 5.56 Å². The first-order valence-electron chi connectivity index (χ1n) is 5.37. The fraction of sp³-hybridized carbons (Fsp3) is 0.455. The molecule has 1 heterocycles. The van der Waals surface area contributed by atoms with E-state index >= 15 is 0 Å². The van der Waals surface area contributed by atoms with E-state index in [0.717, 1.165) is 10.8 Å². The molecule has 98 valence electrons. The molecule has 0 fully saturated rings. The number of pyridine rings is 1. The van der Waals surface area contributed by atoms with Crippen LogP contribution in [0.15, 0.2) is 11.0 Å². The number of aromatic nitrogens is 1. The third-order valence-electron chi connectivity index (χ3n) is 2.48. The van der Waals surface area contributed by atoms with Crippen molar-refractivity contribution in [2.75, 3.05) is 0 Å². The second-order valence-electron chi connectivity index (χ2n) is 4.43. The van der Waals surface area contributed by atoms with E-state index in [-0.39, 0.29) is 23.7 Å². The number of rotatable bonds is 4. The van der Waals surface area contributed by atoms with Gasteiger partial charge in [-0.05, 0) is 12.8 Å². The van der Waals surface area contributed by atoms with E-state index in [4.69, 9.17) is 5.11 Å². The molecule has 7 heteroatoms. The van der Waals surface area contributed by atoms with Crippen molar-refractivity contribution >= 4 is 11.7 Å². The molecule has 0 atom stereocenters. The Labute approximate surface area is 103 Å². The minimum Gasteiger partial charge on any atom is -0.477 e. The van der Waals surface area contributed by atoms with Crippen LogP contribution in [0.25, 0.3) is 0 Å². The Hall–Kier alpha value is -2.18. The average Bonchev–Trinajstić information content (AvgIpc) is 2.20. The zero-order valence-electron chi connectivity index (χ0n) is 10.3. The number of hydrogen-bond acceptors (Lipinski definition) is 4. The predicted molar refractivity (Wildman–Crippen MR) is 63.9 cm³/mol. The van der Waals surface area contributed by atoms with Crippen LogP contribution in [-0.2, 0) is 6.54 Å². The van der Waals surface area contributed by atoms with E-state index in [2.05, 4.69) is 0 Å². The van der Waals surface area contributed by atoms with Gasteiger partial charge in [0.2, 0.25) is 0 Å². The van der Waals surface area contributed by atoms with E-state index in [1.807, 2.05) is 13.8 Å². The van der Waals surface area contributed by atoms with E-state index < -0.39 is 22.0 Å². The summed E-state index contributed by atoms with van der Waals surface area (Å²) in [5.74, 6) is -1.37. The largest absolute Gasteiger partial charge is 0.477 e. The van der Waals surface area contributed by atoms with Crippen molar-refractivity contribution in [1.82, 2.24) is 4.57 Å². The highest BCUT2D eigenvalue weighted by molar-refractivity contribution is 5.90. The monoisotopic (exact) mass is 254 g/mol. The summed E-state index contributed by atoms with van der Waals surface area (Å²) in [6.45, 7) is 5.17. The molecule has 0 aromatic carbocycles. The van der Waals surface area contributed by atoms with Gasteiger partial charge >= 0.3 is 5.97 Å². The van der Waals surface area contributed by atoms with Crippen LogP contribution >= 0.6 is 0 Å². The van der Waals surface area contributed by atoms with Crippen LogP contribution in [0.2, 0.25) is 0 Å². The molecular formula is C11H14N2O5. The number of nitrogens with zero attached hydrogens (tertiary/aromatic N) is 2. The lowest BCUT2D eigenvalue weighted by Crippen LogP contribution is -2.29. The molecule has 1 aromatic heterocycles. The average molecular weight is 254 g/mol. The number of carboxylic acid groups (broad SMARTS) is 1. The summed E-state index contributed by atoms with van der Waals surface area (Å²) in [5, 5.41) is 19.8. The fourth-order valence-corrected chi connectivity index (χ4v) is 1.70. The number of carboxylic acids is 1. The highest BCUT2D eigenvalue weighted by Gasteiger charge is 2.24. The molecule has 0 saturated carbocycles. The van der Waals surface area contributed by atoms with Crippen LogP contribution in [-0.4, -0.2) is 20.6 Å². The van der Waals surface area contributed by atoms with Crippen molar-refractivity contribution in [2.24, 2.45) is 5.92 Å². The summed E-state index contributed by atoms with van der Waals surface area (Å²) in [7, 11) is 0. The zero-order chi connectivity index (χ0) is 14.0. The standard InChI is InChI=1S/C11H14N2O5/c1-6(2)4-12-5-8(13(17)18)7(3)9(10(12)14)11(15)16/h5-6H,4H2,1-3H3,(H,15,16). The molecule has 1 rings (SSSR count). The smallest absolute Gasteiger partial charge is 0.341 e. The zero-order valence-corrected chi connectivity index (χ0v) is 10.3. The Bertz CT molecular complexity index is 559. The van der Waals surface area contributed by atoms with Crippen molar-refractivity contribution in [3.8, 4) is 0 Å². The van der Waals surface area contributed by atoms with Gasteiger partial charge in [-0.3, -0.25) is 14.9 Å². The normalized spacial score (nSPS) is 10.7. The molecule has 0 amide bonds. The van der Waals surface area contributed by atoms with Crippen LogP contribution in [0, 0.1) is 23.0 Å². The lowest BCUT2D eigenvalue weighted by molar-refractivity contribution is -0.386. The topological polar surface area (TPSA) is 102 Å². The maximum atomic E-state index is 11.9. The van der Waals surface area contributed by atoms with Gasteiger partial charge in [-0.25, -0.2) is 4.79 Å². The van der Waals surface area contributed by atoms with Gasteiger partial charge < -0.3 is 9.67 Å². The lowest BCUT2D eigenvalue weighted by Gasteiger charge is -2.11. The second kappa shape index (κ2) is 4.99. The van der Waals surface area contributed by atoms with E-state index in [1.54, 1.807) is 0 Å². The van der Waals surface area contributed by atoms with Gasteiger partial charge in [0.1, 0.15) is 5.56 Å². The summed E-state index contributed by atoms with van der Waals surface area (Å²) in [5.41, 5.74) is -1.71. The van der Waals surface area contributed by atoms with Crippen LogP contribution in [0.1, 0.15) is 29.8 Å². The Morgan fingerprint density at radius 2 is 2.11 bits per heavy atom. The van der Waals surface area contributed by atoms with Gasteiger partial charge in [0.25, 0.3) is 11.2 Å². The number of aromatic carboxylic acids is 1. The van der Waals surface area contributed by atoms with Crippen molar-refractivity contribution < 1.29 is 14.8 Å². The maximum Gasteiger partial charge on any atom is 0.341 e. The quantitative estimate of drug-likeness (QED) is 0.646. The summed E-state index contributed by atoms with van der Waals surface area (Å²) in [6, 6.07) is 0. The van der Waals surface area contributed by atoms with Crippen LogP contribution in [0.3, 0.4) is 0 Å². The minimum absolute atomic E-state index is 0.0756. The number of nitro groups is 1. The molecule has 0 aliphatic rings. The summed E-state index contributed by atoms with van der Waals surface area (Å²) in [6.07, 6.45) is 1.10. The molecule has 0 unspecified atom stereocenters. The van der Waals surface area contributed by atoms with Gasteiger partial charge in [0.15, 0.2) is 0 Å². The minimum atomic E-state index is -1.45.